The van der Waals surface area contributed by atoms with Gasteiger partial charge in [-0.15, -0.1) is 5.10 Å². The summed E-state index contributed by atoms with van der Waals surface area (Å²) in [6.45, 7) is 2.24. The molecule has 156 valence electrons. The minimum Gasteiger partial charge on any atom is -0.493 e. The van der Waals surface area contributed by atoms with Gasteiger partial charge in [0.05, 0.1) is 44.8 Å². The number of benzene rings is 2. The lowest BCUT2D eigenvalue weighted by Gasteiger charge is -2.14. The van der Waals surface area contributed by atoms with Crippen molar-refractivity contribution in [3.63, 3.8) is 0 Å². The minimum atomic E-state index is -0.629. The Hall–Kier alpha value is -3.88. The fourth-order valence-electron chi connectivity index (χ4n) is 2.92. The van der Waals surface area contributed by atoms with Gasteiger partial charge in [0.25, 0.3) is 5.91 Å². The predicted octanol–water partition coefficient (Wildman–Crippen LogP) is 2.69. The summed E-state index contributed by atoms with van der Waals surface area (Å²) in [5, 5.41) is 10.8. The van der Waals surface area contributed by atoms with Crippen molar-refractivity contribution < 1.29 is 23.8 Å². The Morgan fingerprint density at radius 3 is 2.33 bits per heavy atom. The summed E-state index contributed by atoms with van der Waals surface area (Å²) in [5.74, 6) is -0.453. The van der Waals surface area contributed by atoms with Crippen LogP contribution in [0.3, 0.4) is 0 Å². The molecule has 0 aliphatic carbocycles. The second kappa shape index (κ2) is 9.08. The van der Waals surface area contributed by atoms with Crippen molar-refractivity contribution in [1.82, 2.24) is 15.0 Å². The molecule has 9 nitrogen and oxygen atoms in total. The first-order valence-corrected chi connectivity index (χ1v) is 9.08. The lowest BCUT2D eigenvalue weighted by Crippen LogP contribution is -2.17. The van der Waals surface area contributed by atoms with E-state index in [1.165, 1.54) is 33.5 Å². The van der Waals surface area contributed by atoms with Crippen LogP contribution in [0.2, 0.25) is 0 Å². The van der Waals surface area contributed by atoms with Crippen LogP contribution in [0.1, 0.15) is 32.1 Å². The Morgan fingerprint density at radius 2 is 1.70 bits per heavy atom. The molecule has 0 saturated heterocycles. The van der Waals surface area contributed by atoms with Gasteiger partial charge in [-0.25, -0.2) is 9.48 Å². The van der Waals surface area contributed by atoms with E-state index >= 15 is 0 Å². The van der Waals surface area contributed by atoms with E-state index < -0.39 is 11.9 Å². The van der Waals surface area contributed by atoms with Gasteiger partial charge >= 0.3 is 5.97 Å². The van der Waals surface area contributed by atoms with Gasteiger partial charge in [0.2, 0.25) is 0 Å². The third-order valence-electron chi connectivity index (χ3n) is 4.55. The van der Waals surface area contributed by atoms with E-state index in [0.717, 1.165) is 5.56 Å². The number of esters is 1. The topological polar surface area (TPSA) is 105 Å². The quantitative estimate of drug-likeness (QED) is 0.597. The van der Waals surface area contributed by atoms with Gasteiger partial charge in [-0.05, 0) is 12.5 Å². The molecule has 0 saturated carbocycles. The monoisotopic (exact) mass is 410 g/mol. The number of hydrogen-bond donors (Lipinski definition) is 1. The van der Waals surface area contributed by atoms with Crippen molar-refractivity contribution in [3.8, 4) is 11.5 Å². The summed E-state index contributed by atoms with van der Waals surface area (Å²) in [4.78, 5) is 25.1. The largest absolute Gasteiger partial charge is 0.493 e. The molecule has 0 spiro atoms. The van der Waals surface area contributed by atoms with E-state index in [1.54, 1.807) is 11.6 Å². The van der Waals surface area contributed by atoms with Gasteiger partial charge < -0.3 is 19.5 Å². The van der Waals surface area contributed by atoms with Crippen LogP contribution in [-0.4, -0.2) is 48.2 Å². The molecule has 0 fully saturated rings. The number of aromatic nitrogens is 3. The number of carbonyl (C=O) groups excluding carboxylic acids is 2. The number of amides is 1. The van der Waals surface area contributed by atoms with Gasteiger partial charge in [-0.3, -0.25) is 4.79 Å². The Kier molecular flexibility index (Phi) is 6.31. The van der Waals surface area contributed by atoms with Gasteiger partial charge in [-0.1, -0.05) is 35.5 Å². The lowest BCUT2D eigenvalue weighted by molar-refractivity contribution is 0.0601. The van der Waals surface area contributed by atoms with Gasteiger partial charge in [0.15, 0.2) is 17.2 Å². The zero-order chi connectivity index (χ0) is 21.7. The molecule has 1 amide bonds. The van der Waals surface area contributed by atoms with Crippen LogP contribution in [0.25, 0.3) is 0 Å². The molecule has 1 N–H and O–H groups in total. The maximum atomic E-state index is 12.9. The first-order chi connectivity index (χ1) is 14.5. The molecular weight excluding hydrogens is 388 g/mol. The number of methoxy groups -OCH3 is 3. The number of rotatable bonds is 7. The van der Waals surface area contributed by atoms with E-state index in [0.29, 0.717) is 23.7 Å². The second-order valence-electron chi connectivity index (χ2n) is 6.37. The first kappa shape index (κ1) is 20.8. The summed E-state index contributed by atoms with van der Waals surface area (Å²) in [5.41, 5.74) is 2.11. The number of carbonyl (C=O) groups is 2. The Bertz CT molecular complexity index is 1060. The number of hydrogen-bond acceptors (Lipinski definition) is 7. The number of nitrogens with zero attached hydrogens (tertiary/aromatic N) is 3. The third-order valence-corrected chi connectivity index (χ3v) is 4.55. The summed E-state index contributed by atoms with van der Waals surface area (Å²) >= 11 is 0. The van der Waals surface area contributed by atoms with E-state index in [1.807, 2.05) is 30.3 Å². The lowest BCUT2D eigenvalue weighted by atomic mass is 10.1. The molecule has 0 radical (unpaired) electrons. The van der Waals surface area contributed by atoms with Gasteiger partial charge in [0.1, 0.15) is 0 Å². The van der Waals surface area contributed by atoms with Gasteiger partial charge in [-0.2, -0.15) is 0 Å². The highest BCUT2D eigenvalue weighted by Crippen LogP contribution is 2.34. The number of ether oxygens (including phenoxy) is 3. The molecule has 3 aromatic rings. The van der Waals surface area contributed by atoms with Crippen LogP contribution >= 0.6 is 0 Å². The zero-order valence-corrected chi connectivity index (χ0v) is 17.1. The van der Waals surface area contributed by atoms with Crippen LogP contribution in [0, 0.1) is 6.92 Å². The minimum absolute atomic E-state index is 0.123. The van der Waals surface area contributed by atoms with E-state index in [2.05, 4.69) is 15.6 Å². The standard InChI is InChI=1S/C21H22N4O5/c1-13-19(23-24-25(13)12-14-8-6-5-7-9-14)20(26)22-16-11-18(29-3)17(28-2)10-15(16)21(27)30-4/h5-11H,12H2,1-4H3,(H,22,26). The summed E-state index contributed by atoms with van der Waals surface area (Å²) < 4.78 is 16.9. The Labute approximate surface area is 173 Å². The fraction of sp³-hybridized carbons (Fsp3) is 0.238. The Balaban J connectivity index is 1.89. The molecule has 1 heterocycles. The highest BCUT2D eigenvalue weighted by Gasteiger charge is 2.22. The second-order valence-corrected chi connectivity index (χ2v) is 6.37. The van der Waals surface area contributed by atoms with Gasteiger partial charge in [0, 0.05) is 12.1 Å². The predicted molar refractivity (Wildman–Crippen MR) is 109 cm³/mol. The molecule has 0 unspecified atom stereocenters. The van der Waals surface area contributed by atoms with Crippen molar-refractivity contribution in [3.05, 3.63) is 65.0 Å². The highest BCUT2D eigenvalue weighted by atomic mass is 16.5. The van der Waals surface area contributed by atoms with Crippen molar-refractivity contribution in [2.45, 2.75) is 13.5 Å². The molecule has 30 heavy (non-hydrogen) atoms. The molecule has 3 rings (SSSR count). The van der Waals surface area contributed by atoms with Crippen LogP contribution < -0.4 is 14.8 Å². The molecule has 2 aromatic carbocycles. The third kappa shape index (κ3) is 4.24. The average Bonchev–Trinajstić information content (AvgIpc) is 3.13. The zero-order valence-electron chi connectivity index (χ0n) is 17.1. The van der Waals surface area contributed by atoms with Crippen molar-refractivity contribution in [2.24, 2.45) is 0 Å². The maximum absolute atomic E-state index is 12.9. The molecular formula is C21H22N4O5. The van der Waals surface area contributed by atoms with Crippen LogP contribution in [0.5, 0.6) is 11.5 Å². The molecule has 0 bridgehead atoms. The highest BCUT2D eigenvalue weighted by molar-refractivity contribution is 6.08. The molecule has 0 aliphatic rings. The maximum Gasteiger partial charge on any atom is 0.340 e. The van der Waals surface area contributed by atoms with E-state index in [-0.39, 0.29) is 16.9 Å². The summed E-state index contributed by atoms with van der Waals surface area (Å²) in [6, 6.07) is 12.7. The average molecular weight is 410 g/mol. The summed E-state index contributed by atoms with van der Waals surface area (Å²) in [7, 11) is 4.16. The van der Waals surface area contributed by atoms with Crippen LogP contribution in [-0.2, 0) is 11.3 Å². The number of anilines is 1. The van der Waals surface area contributed by atoms with E-state index in [4.69, 9.17) is 14.2 Å². The molecule has 0 atom stereocenters. The first-order valence-electron chi connectivity index (χ1n) is 9.08. The Morgan fingerprint density at radius 1 is 1.03 bits per heavy atom. The summed E-state index contributed by atoms with van der Waals surface area (Å²) in [6.07, 6.45) is 0. The van der Waals surface area contributed by atoms with Crippen LogP contribution in [0.4, 0.5) is 5.69 Å². The van der Waals surface area contributed by atoms with Crippen molar-refractivity contribution >= 4 is 17.6 Å². The smallest absolute Gasteiger partial charge is 0.340 e. The SMILES string of the molecule is COC(=O)c1cc(OC)c(OC)cc1NC(=O)c1nnn(Cc2ccccc2)c1C. The van der Waals surface area contributed by atoms with Crippen molar-refractivity contribution in [2.75, 3.05) is 26.6 Å². The number of nitrogens with one attached hydrogen (secondary N) is 1. The van der Waals surface area contributed by atoms with Crippen molar-refractivity contribution in [1.29, 1.82) is 0 Å². The molecule has 0 aliphatic heterocycles. The fourth-order valence-corrected chi connectivity index (χ4v) is 2.92. The molecule has 1 aromatic heterocycles. The van der Waals surface area contributed by atoms with E-state index in [9.17, 15) is 9.59 Å². The molecule has 9 heteroatoms. The normalized spacial score (nSPS) is 10.4. The van der Waals surface area contributed by atoms with Crippen LogP contribution in [0.15, 0.2) is 42.5 Å².